The molecule has 0 aromatic rings. The van der Waals surface area contributed by atoms with Gasteiger partial charge in [0.1, 0.15) is 5.60 Å². The van der Waals surface area contributed by atoms with Crippen LogP contribution in [-0.4, -0.2) is 17.5 Å². The summed E-state index contributed by atoms with van der Waals surface area (Å²) in [6, 6.07) is 0. The molecule has 1 unspecified atom stereocenters. The normalized spacial score (nSPS) is 36.6. The van der Waals surface area contributed by atoms with Crippen LogP contribution in [0, 0.1) is 0 Å². The van der Waals surface area contributed by atoms with Gasteiger partial charge in [0.15, 0.2) is 6.29 Å². The molecule has 0 aliphatic carbocycles. The summed E-state index contributed by atoms with van der Waals surface area (Å²) >= 11 is 0. The van der Waals surface area contributed by atoms with Crippen molar-refractivity contribution < 1.29 is 9.53 Å². The van der Waals surface area contributed by atoms with Crippen LogP contribution in [0.2, 0.25) is 0 Å². The molecule has 0 spiro atoms. The Morgan fingerprint density at radius 1 is 1.27 bits per heavy atom. The average molecular weight is 156 g/mol. The second kappa shape index (κ2) is 2.59. The molecule has 0 amide bonds. The van der Waals surface area contributed by atoms with Crippen LogP contribution >= 0.6 is 0 Å². The predicted molar refractivity (Wildman–Crippen MR) is 43.5 cm³/mol. The molecule has 1 saturated heterocycles. The van der Waals surface area contributed by atoms with Crippen LogP contribution in [0.4, 0.5) is 0 Å². The molecule has 1 rings (SSSR count). The summed E-state index contributed by atoms with van der Waals surface area (Å²) in [4.78, 5) is 10.6. The van der Waals surface area contributed by atoms with E-state index in [1.54, 1.807) is 0 Å². The van der Waals surface area contributed by atoms with E-state index in [9.17, 15) is 4.79 Å². The summed E-state index contributed by atoms with van der Waals surface area (Å²) in [7, 11) is 0. The van der Waals surface area contributed by atoms with E-state index >= 15 is 0 Å². The fourth-order valence-electron chi connectivity index (χ4n) is 1.68. The summed E-state index contributed by atoms with van der Waals surface area (Å²) < 4.78 is 5.64. The number of hydrogen-bond acceptors (Lipinski definition) is 2. The van der Waals surface area contributed by atoms with Crippen molar-refractivity contribution in [3.63, 3.8) is 0 Å². The molecule has 1 aliphatic heterocycles. The monoisotopic (exact) mass is 156 g/mol. The molecule has 0 bridgehead atoms. The minimum atomic E-state index is -0.526. The molecule has 0 saturated carbocycles. The van der Waals surface area contributed by atoms with Crippen molar-refractivity contribution in [2.45, 2.75) is 51.2 Å². The summed E-state index contributed by atoms with van der Waals surface area (Å²) in [6.45, 7) is 5.93. The zero-order valence-corrected chi connectivity index (χ0v) is 7.52. The molecule has 0 N–H and O–H groups in total. The van der Waals surface area contributed by atoms with Gasteiger partial charge in [-0.15, -0.1) is 0 Å². The summed E-state index contributed by atoms with van der Waals surface area (Å²) in [5.74, 6) is 0. The van der Waals surface area contributed by atoms with Gasteiger partial charge in [-0.25, -0.2) is 0 Å². The molecule has 0 aromatic carbocycles. The molecule has 0 aromatic heterocycles. The van der Waals surface area contributed by atoms with Crippen molar-refractivity contribution in [3.8, 4) is 0 Å². The number of rotatable bonds is 1. The third-order valence-corrected chi connectivity index (χ3v) is 2.21. The third kappa shape index (κ3) is 2.03. The Hall–Kier alpha value is -0.370. The second-order valence-corrected chi connectivity index (χ2v) is 4.15. The van der Waals surface area contributed by atoms with E-state index in [1.807, 2.05) is 20.8 Å². The second-order valence-electron chi connectivity index (χ2n) is 4.15. The maximum Gasteiger partial charge on any atom is 0.151 e. The van der Waals surface area contributed by atoms with Crippen LogP contribution in [0.1, 0.15) is 40.0 Å². The molecule has 64 valence electrons. The van der Waals surface area contributed by atoms with Crippen molar-refractivity contribution >= 4 is 6.29 Å². The highest BCUT2D eigenvalue weighted by atomic mass is 16.5. The highest BCUT2D eigenvalue weighted by Gasteiger charge is 2.36. The molecule has 11 heavy (non-hydrogen) atoms. The molecule has 1 atom stereocenters. The topological polar surface area (TPSA) is 26.3 Å². The smallest absolute Gasteiger partial charge is 0.151 e. The van der Waals surface area contributed by atoms with Gasteiger partial charge >= 0.3 is 0 Å². The van der Waals surface area contributed by atoms with Crippen molar-refractivity contribution in [3.05, 3.63) is 0 Å². The van der Waals surface area contributed by atoms with E-state index in [-0.39, 0.29) is 5.60 Å². The Morgan fingerprint density at radius 2 is 1.91 bits per heavy atom. The molecular formula is C9H16O2. The van der Waals surface area contributed by atoms with E-state index in [2.05, 4.69) is 0 Å². The first kappa shape index (κ1) is 8.72. The zero-order valence-electron chi connectivity index (χ0n) is 7.52. The van der Waals surface area contributed by atoms with E-state index in [0.717, 1.165) is 25.5 Å². The first-order valence-electron chi connectivity index (χ1n) is 4.14. The van der Waals surface area contributed by atoms with Gasteiger partial charge in [0, 0.05) is 0 Å². The lowest BCUT2D eigenvalue weighted by atomic mass is 9.89. The van der Waals surface area contributed by atoms with Gasteiger partial charge in [-0.05, 0) is 40.0 Å². The van der Waals surface area contributed by atoms with Gasteiger partial charge in [-0.1, -0.05) is 0 Å². The quantitative estimate of drug-likeness (QED) is 0.542. The average Bonchev–Trinajstić information content (AvgIpc) is 1.85. The fourth-order valence-corrected chi connectivity index (χ4v) is 1.68. The molecule has 2 heteroatoms. The van der Waals surface area contributed by atoms with Crippen LogP contribution in [0.5, 0.6) is 0 Å². The van der Waals surface area contributed by atoms with Gasteiger partial charge in [0.25, 0.3) is 0 Å². The Labute approximate surface area is 67.9 Å². The molecule has 2 nitrogen and oxygen atoms in total. The van der Waals surface area contributed by atoms with E-state index in [0.29, 0.717) is 0 Å². The minimum absolute atomic E-state index is 0.117. The van der Waals surface area contributed by atoms with Gasteiger partial charge in [0.2, 0.25) is 0 Å². The van der Waals surface area contributed by atoms with E-state index < -0.39 is 5.60 Å². The highest BCUT2D eigenvalue weighted by Crippen LogP contribution is 2.33. The summed E-state index contributed by atoms with van der Waals surface area (Å²) in [6.07, 6.45) is 3.92. The van der Waals surface area contributed by atoms with Gasteiger partial charge in [0.05, 0.1) is 5.60 Å². The van der Waals surface area contributed by atoms with Crippen LogP contribution in [-0.2, 0) is 9.53 Å². The maximum atomic E-state index is 10.6. The lowest BCUT2D eigenvalue weighted by Gasteiger charge is -2.40. The van der Waals surface area contributed by atoms with Crippen molar-refractivity contribution in [2.24, 2.45) is 0 Å². The lowest BCUT2D eigenvalue weighted by molar-refractivity contribution is -0.169. The fraction of sp³-hybridized carbons (Fsp3) is 0.889. The van der Waals surface area contributed by atoms with Crippen molar-refractivity contribution in [2.75, 3.05) is 0 Å². The van der Waals surface area contributed by atoms with E-state index in [1.165, 1.54) is 0 Å². The Morgan fingerprint density at radius 3 is 2.27 bits per heavy atom. The van der Waals surface area contributed by atoms with Crippen LogP contribution in [0.3, 0.4) is 0 Å². The molecule has 0 radical (unpaired) electrons. The van der Waals surface area contributed by atoms with Gasteiger partial charge in [-0.3, -0.25) is 0 Å². The van der Waals surface area contributed by atoms with Crippen molar-refractivity contribution in [1.29, 1.82) is 0 Å². The standard InChI is InChI=1S/C9H16O2/c1-8(2)5-4-6-9(3,7-10)11-8/h7H,4-6H2,1-3H3. The van der Waals surface area contributed by atoms with Crippen molar-refractivity contribution in [1.82, 2.24) is 0 Å². The summed E-state index contributed by atoms with van der Waals surface area (Å²) in [5, 5.41) is 0. The lowest BCUT2D eigenvalue weighted by Crippen LogP contribution is -2.44. The predicted octanol–water partition coefficient (Wildman–Crippen LogP) is 1.92. The Kier molecular flexibility index (Phi) is 2.06. The number of hydrogen-bond donors (Lipinski definition) is 0. The van der Waals surface area contributed by atoms with E-state index in [4.69, 9.17) is 4.74 Å². The Bertz CT molecular complexity index is 163. The highest BCUT2D eigenvalue weighted by molar-refractivity contribution is 5.61. The van der Waals surface area contributed by atoms with Crippen LogP contribution in [0.15, 0.2) is 0 Å². The molecule has 1 heterocycles. The SMILES string of the molecule is CC1(C)CCCC(C)(C=O)O1. The van der Waals surface area contributed by atoms with Gasteiger partial charge in [-0.2, -0.15) is 0 Å². The molecular weight excluding hydrogens is 140 g/mol. The first-order chi connectivity index (χ1) is 4.97. The van der Waals surface area contributed by atoms with Gasteiger partial charge < -0.3 is 9.53 Å². The number of ether oxygens (including phenoxy) is 1. The maximum absolute atomic E-state index is 10.6. The molecule has 1 fully saturated rings. The number of carbonyl (C=O) groups is 1. The largest absolute Gasteiger partial charge is 0.362 e. The third-order valence-electron chi connectivity index (χ3n) is 2.21. The first-order valence-corrected chi connectivity index (χ1v) is 4.14. The minimum Gasteiger partial charge on any atom is -0.362 e. The molecule has 1 aliphatic rings. The Balaban J connectivity index is 2.66. The number of carbonyl (C=O) groups excluding carboxylic acids is 1. The van der Waals surface area contributed by atoms with Crippen LogP contribution in [0.25, 0.3) is 0 Å². The zero-order chi connectivity index (χ0) is 8.54. The van der Waals surface area contributed by atoms with Crippen LogP contribution < -0.4 is 0 Å². The summed E-state index contributed by atoms with van der Waals surface area (Å²) in [5.41, 5.74) is -0.643. The number of aldehydes is 1.